The van der Waals surface area contributed by atoms with Crippen LogP contribution in [0.5, 0.6) is 0 Å². The molecule has 0 aromatic heterocycles. The third-order valence-electron chi connectivity index (χ3n) is 4.13. The lowest BCUT2D eigenvalue weighted by atomic mass is 9.94. The minimum Gasteiger partial charge on any atom is -0.313 e. The summed E-state index contributed by atoms with van der Waals surface area (Å²) in [5.41, 5.74) is 0. The summed E-state index contributed by atoms with van der Waals surface area (Å²) in [5.74, 6) is 0.944. The average Bonchev–Trinajstić information content (AvgIpc) is 2.35. The maximum Gasteiger partial charge on any atom is 0.0192 e. The number of nitrogens with one attached hydrogen (secondary N) is 1. The molecule has 1 saturated heterocycles. The zero-order valence-electron chi connectivity index (χ0n) is 11.6. The molecule has 16 heavy (non-hydrogen) atoms. The number of hydrogen-bond donors (Lipinski definition) is 1. The van der Waals surface area contributed by atoms with E-state index < -0.39 is 0 Å². The zero-order chi connectivity index (χ0) is 12.0. The first-order valence-corrected chi connectivity index (χ1v) is 7.14. The molecule has 1 fully saturated rings. The summed E-state index contributed by atoms with van der Waals surface area (Å²) in [5, 5.41) is 3.62. The quantitative estimate of drug-likeness (QED) is 0.749. The van der Waals surface area contributed by atoms with Crippen LogP contribution in [-0.2, 0) is 0 Å². The second-order valence-corrected chi connectivity index (χ2v) is 5.48. The predicted molar refractivity (Wildman–Crippen MR) is 71.8 cm³/mol. The molecule has 1 rings (SSSR count). The van der Waals surface area contributed by atoms with E-state index in [1.54, 1.807) is 0 Å². The van der Waals surface area contributed by atoms with Crippen molar-refractivity contribution in [2.75, 3.05) is 19.6 Å². The van der Waals surface area contributed by atoms with Gasteiger partial charge in [0.2, 0.25) is 0 Å². The molecular weight excluding hydrogens is 196 g/mol. The Morgan fingerprint density at radius 1 is 1.31 bits per heavy atom. The van der Waals surface area contributed by atoms with Gasteiger partial charge < -0.3 is 5.32 Å². The average molecular weight is 226 g/mol. The largest absolute Gasteiger partial charge is 0.313 e. The molecule has 0 aromatic carbocycles. The maximum absolute atomic E-state index is 3.62. The van der Waals surface area contributed by atoms with E-state index in [2.05, 4.69) is 37.9 Å². The van der Waals surface area contributed by atoms with Crippen molar-refractivity contribution in [2.24, 2.45) is 5.92 Å². The van der Waals surface area contributed by atoms with E-state index >= 15 is 0 Å². The van der Waals surface area contributed by atoms with Crippen LogP contribution >= 0.6 is 0 Å². The SMILES string of the molecule is CCC1CCCN(C(C)CNC(C)CC)C1. The van der Waals surface area contributed by atoms with Crippen LogP contribution in [0.15, 0.2) is 0 Å². The fraction of sp³-hybridized carbons (Fsp3) is 1.00. The van der Waals surface area contributed by atoms with Crippen LogP contribution in [0.4, 0.5) is 0 Å². The topological polar surface area (TPSA) is 15.3 Å². The van der Waals surface area contributed by atoms with Crippen LogP contribution in [0.25, 0.3) is 0 Å². The standard InChI is InChI=1S/C14H30N2/c1-5-12(3)15-10-13(4)16-9-7-8-14(6-2)11-16/h12-15H,5-11H2,1-4H3. The Morgan fingerprint density at radius 3 is 2.69 bits per heavy atom. The Kier molecular flexibility index (Phi) is 6.37. The Labute approximate surface area is 102 Å². The number of piperidine rings is 1. The molecule has 0 aromatic rings. The van der Waals surface area contributed by atoms with Crippen molar-refractivity contribution >= 4 is 0 Å². The first-order chi connectivity index (χ1) is 7.67. The smallest absolute Gasteiger partial charge is 0.0192 e. The number of hydrogen-bond acceptors (Lipinski definition) is 2. The van der Waals surface area contributed by atoms with E-state index in [4.69, 9.17) is 0 Å². The van der Waals surface area contributed by atoms with Gasteiger partial charge in [0, 0.05) is 25.2 Å². The van der Waals surface area contributed by atoms with Crippen LogP contribution in [0.2, 0.25) is 0 Å². The second-order valence-electron chi connectivity index (χ2n) is 5.48. The summed E-state index contributed by atoms with van der Waals surface area (Å²) in [7, 11) is 0. The summed E-state index contributed by atoms with van der Waals surface area (Å²) < 4.78 is 0. The molecule has 0 bridgehead atoms. The minimum atomic E-state index is 0.661. The van der Waals surface area contributed by atoms with E-state index in [9.17, 15) is 0 Å². The lowest BCUT2D eigenvalue weighted by Crippen LogP contribution is -2.46. The van der Waals surface area contributed by atoms with Crippen molar-refractivity contribution in [3.05, 3.63) is 0 Å². The normalized spacial score (nSPS) is 26.6. The van der Waals surface area contributed by atoms with Gasteiger partial charge >= 0.3 is 0 Å². The van der Waals surface area contributed by atoms with Gasteiger partial charge in [-0.15, -0.1) is 0 Å². The van der Waals surface area contributed by atoms with Crippen LogP contribution in [-0.4, -0.2) is 36.6 Å². The Balaban J connectivity index is 2.27. The maximum atomic E-state index is 3.62. The lowest BCUT2D eigenvalue weighted by molar-refractivity contribution is 0.126. The van der Waals surface area contributed by atoms with Gasteiger partial charge in [-0.25, -0.2) is 0 Å². The fourth-order valence-corrected chi connectivity index (χ4v) is 2.48. The highest BCUT2D eigenvalue weighted by Crippen LogP contribution is 2.20. The highest BCUT2D eigenvalue weighted by atomic mass is 15.2. The van der Waals surface area contributed by atoms with E-state index in [0.717, 1.165) is 12.5 Å². The summed E-state index contributed by atoms with van der Waals surface area (Å²) in [4.78, 5) is 2.67. The molecule has 0 saturated carbocycles. The summed E-state index contributed by atoms with van der Waals surface area (Å²) in [6, 6.07) is 1.36. The first-order valence-electron chi connectivity index (χ1n) is 7.14. The molecular formula is C14H30N2. The van der Waals surface area contributed by atoms with Gasteiger partial charge in [-0.05, 0) is 45.6 Å². The van der Waals surface area contributed by atoms with Crippen molar-refractivity contribution in [1.82, 2.24) is 10.2 Å². The van der Waals surface area contributed by atoms with Crippen molar-refractivity contribution in [3.8, 4) is 0 Å². The zero-order valence-corrected chi connectivity index (χ0v) is 11.6. The molecule has 96 valence electrons. The molecule has 3 unspecified atom stereocenters. The Bertz CT molecular complexity index is 182. The van der Waals surface area contributed by atoms with Gasteiger partial charge in [-0.1, -0.05) is 20.3 Å². The van der Waals surface area contributed by atoms with Gasteiger partial charge in [0.15, 0.2) is 0 Å². The highest BCUT2D eigenvalue weighted by Gasteiger charge is 2.22. The molecule has 1 N–H and O–H groups in total. The van der Waals surface area contributed by atoms with E-state index in [1.807, 2.05) is 0 Å². The van der Waals surface area contributed by atoms with Crippen LogP contribution < -0.4 is 5.32 Å². The third kappa shape index (κ3) is 4.42. The van der Waals surface area contributed by atoms with Gasteiger partial charge in [-0.2, -0.15) is 0 Å². The van der Waals surface area contributed by atoms with Gasteiger partial charge in [0.25, 0.3) is 0 Å². The van der Waals surface area contributed by atoms with Crippen molar-refractivity contribution < 1.29 is 0 Å². The predicted octanol–water partition coefficient (Wildman–Crippen LogP) is 2.89. The lowest BCUT2D eigenvalue weighted by Gasteiger charge is -2.37. The van der Waals surface area contributed by atoms with Crippen molar-refractivity contribution in [2.45, 2.75) is 65.5 Å². The fourth-order valence-electron chi connectivity index (χ4n) is 2.48. The summed E-state index contributed by atoms with van der Waals surface area (Å²) >= 11 is 0. The molecule has 1 heterocycles. The van der Waals surface area contributed by atoms with E-state index in [1.165, 1.54) is 38.8 Å². The first kappa shape index (κ1) is 14.0. The highest BCUT2D eigenvalue weighted by molar-refractivity contribution is 4.78. The van der Waals surface area contributed by atoms with Crippen LogP contribution in [0.3, 0.4) is 0 Å². The van der Waals surface area contributed by atoms with Crippen LogP contribution in [0, 0.1) is 5.92 Å². The summed E-state index contributed by atoms with van der Waals surface area (Å²) in [6.07, 6.45) is 5.41. The monoisotopic (exact) mass is 226 g/mol. The Hall–Kier alpha value is -0.0800. The number of rotatable bonds is 6. The molecule has 0 aliphatic carbocycles. The molecule has 0 radical (unpaired) electrons. The molecule has 0 spiro atoms. The van der Waals surface area contributed by atoms with E-state index in [-0.39, 0.29) is 0 Å². The molecule has 3 atom stereocenters. The van der Waals surface area contributed by atoms with Crippen molar-refractivity contribution in [3.63, 3.8) is 0 Å². The second kappa shape index (κ2) is 7.29. The van der Waals surface area contributed by atoms with Crippen LogP contribution in [0.1, 0.15) is 53.4 Å². The minimum absolute atomic E-state index is 0.661. The van der Waals surface area contributed by atoms with Crippen molar-refractivity contribution in [1.29, 1.82) is 0 Å². The third-order valence-corrected chi connectivity index (χ3v) is 4.13. The Morgan fingerprint density at radius 2 is 2.06 bits per heavy atom. The molecule has 1 aliphatic heterocycles. The van der Waals surface area contributed by atoms with Gasteiger partial charge in [0.05, 0.1) is 0 Å². The summed E-state index contributed by atoms with van der Waals surface area (Å²) in [6.45, 7) is 13.0. The number of likely N-dealkylation sites (tertiary alicyclic amines) is 1. The van der Waals surface area contributed by atoms with E-state index in [0.29, 0.717) is 12.1 Å². The number of nitrogens with zero attached hydrogens (tertiary/aromatic N) is 1. The van der Waals surface area contributed by atoms with Gasteiger partial charge in [0.1, 0.15) is 0 Å². The molecule has 2 heteroatoms. The molecule has 0 amide bonds. The molecule has 2 nitrogen and oxygen atoms in total. The molecule has 1 aliphatic rings. The van der Waals surface area contributed by atoms with Gasteiger partial charge in [-0.3, -0.25) is 4.90 Å².